The number of ether oxygens (including phenoxy) is 1. The number of nitrogens with one attached hydrogen (secondary N) is 1. The minimum Gasteiger partial charge on any atom is -0.494 e. The van der Waals surface area contributed by atoms with Gasteiger partial charge in [0.05, 0.1) is 16.1 Å². The zero-order valence-electron chi connectivity index (χ0n) is 13.4. The predicted molar refractivity (Wildman–Crippen MR) is 107 cm³/mol. The van der Waals surface area contributed by atoms with Crippen LogP contribution in [0, 0.1) is 18.3 Å². The topological polar surface area (TPSA) is 62.1 Å². The van der Waals surface area contributed by atoms with Crippen molar-refractivity contribution in [2.45, 2.75) is 6.92 Å². The molecule has 0 saturated carbocycles. The van der Waals surface area contributed by atoms with Crippen LogP contribution in [0.15, 0.2) is 44.9 Å². The van der Waals surface area contributed by atoms with Gasteiger partial charge < -0.3 is 10.1 Å². The number of aryl methyl sites for hydroxylation is 1. The summed E-state index contributed by atoms with van der Waals surface area (Å²) in [6.07, 6.45) is 1.50. The molecule has 0 saturated heterocycles. The summed E-state index contributed by atoms with van der Waals surface area (Å²) in [6, 6.07) is 10.6. The Morgan fingerprint density at radius 1 is 1.28 bits per heavy atom. The Morgan fingerprint density at radius 3 is 2.48 bits per heavy atom. The second-order valence-corrected chi connectivity index (χ2v) is 7.25. The van der Waals surface area contributed by atoms with Gasteiger partial charge in [0, 0.05) is 10.7 Å². The molecule has 7 heteroatoms. The number of carbonyl (C=O) groups excluding carboxylic acids is 1. The maximum absolute atomic E-state index is 12.4. The fourth-order valence-corrected chi connectivity index (χ4v) is 3.81. The van der Waals surface area contributed by atoms with Crippen molar-refractivity contribution in [1.29, 1.82) is 5.26 Å². The maximum Gasteiger partial charge on any atom is 0.266 e. The number of nitrogens with zero attached hydrogens (tertiary/aromatic N) is 1. The van der Waals surface area contributed by atoms with E-state index in [1.54, 1.807) is 37.4 Å². The van der Waals surface area contributed by atoms with Gasteiger partial charge in [-0.3, -0.25) is 4.79 Å². The molecule has 0 aliphatic heterocycles. The molecule has 0 spiro atoms. The fraction of sp³-hybridized carbons (Fsp3) is 0.111. The standard InChI is InChI=1S/C18H13Br2ClN2O2/c1-10-3-4-13(21)8-16(10)23-18(24)12(9-22)5-11-6-14(19)17(25-2)15(20)7-11/h3-8H,1-2H3,(H,23,24)/b12-5+. The lowest BCUT2D eigenvalue weighted by Crippen LogP contribution is -2.14. The molecule has 128 valence electrons. The molecule has 0 aliphatic rings. The lowest BCUT2D eigenvalue weighted by Gasteiger charge is -2.09. The molecular weight excluding hydrogens is 471 g/mol. The number of halogens is 3. The van der Waals surface area contributed by atoms with E-state index in [0.717, 1.165) is 5.56 Å². The van der Waals surface area contributed by atoms with E-state index >= 15 is 0 Å². The monoisotopic (exact) mass is 482 g/mol. The molecule has 2 aromatic carbocycles. The van der Waals surface area contributed by atoms with Crippen LogP contribution >= 0.6 is 43.5 Å². The molecule has 0 aromatic heterocycles. The lowest BCUT2D eigenvalue weighted by atomic mass is 10.1. The lowest BCUT2D eigenvalue weighted by molar-refractivity contribution is -0.112. The number of amides is 1. The van der Waals surface area contributed by atoms with Gasteiger partial charge in [-0.25, -0.2) is 0 Å². The molecule has 0 bridgehead atoms. The van der Waals surface area contributed by atoms with E-state index in [1.807, 2.05) is 13.0 Å². The minimum absolute atomic E-state index is 0.0247. The molecule has 1 N–H and O–H groups in total. The number of carbonyl (C=O) groups is 1. The van der Waals surface area contributed by atoms with Crippen LogP contribution in [0.3, 0.4) is 0 Å². The summed E-state index contributed by atoms with van der Waals surface area (Å²) >= 11 is 12.7. The third kappa shape index (κ3) is 4.85. The predicted octanol–water partition coefficient (Wildman–Crippen LogP) is 5.73. The van der Waals surface area contributed by atoms with Crippen molar-refractivity contribution < 1.29 is 9.53 Å². The number of anilines is 1. The average Bonchev–Trinajstić information content (AvgIpc) is 2.55. The van der Waals surface area contributed by atoms with Gasteiger partial charge in [-0.15, -0.1) is 0 Å². The van der Waals surface area contributed by atoms with Crippen LogP contribution in [-0.2, 0) is 4.79 Å². The van der Waals surface area contributed by atoms with E-state index in [9.17, 15) is 10.1 Å². The summed E-state index contributed by atoms with van der Waals surface area (Å²) in [5, 5.41) is 12.6. The molecule has 0 unspecified atom stereocenters. The van der Waals surface area contributed by atoms with Gasteiger partial charge >= 0.3 is 0 Å². The molecule has 0 radical (unpaired) electrons. The summed E-state index contributed by atoms with van der Waals surface area (Å²) in [4.78, 5) is 12.4. The highest BCUT2D eigenvalue weighted by Crippen LogP contribution is 2.35. The van der Waals surface area contributed by atoms with Crippen molar-refractivity contribution in [2.75, 3.05) is 12.4 Å². The molecule has 0 atom stereocenters. The Balaban J connectivity index is 2.33. The zero-order chi connectivity index (χ0) is 18.6. The van der Waals surface area contributed by atoms with Crippen molar-refractivity contribution in [3.05, 3.63) is 61.0 Å². The molecule has 1 amide bonds. The second-order valence-electron chi connectivity index (χ2n) is 5.10. The number of hydrogen-bond acceptors (Lipinski definition) is 3. The van der Waals surface area contributed by atoms with Gasteiger partial charge in [-0.05, 0) is 80.3 Å². The van der Waals surface area contributed by atoms with Gasteiger partial charge in [0.15, 0.2) is 0 Å². The Bertz CT molecular complexity index is 881. The van der Waals surface area contributed by atoms with Crippen molar-refractivity contribution in [3.63, 3.8) is 0 Å². The Morgan fingerprint density at radius 2 is 1.92 bits per heavy atom. The fourth-order valence-electron chi connectivity index (χ4n) is 2.09. The van der Waals surface area contributed by atoms with Crippen LogP contribution in [0.25, 0.3) is 6.08 Å². The highest BCUT2D eigenvalue weighted by molar-refractivity contribution is 9.11. The van der Waals surface area contributed by atoms with Crippen LogP contribution in [0.4, 0.5) is 5.69 Å². The summed E-state index contributed by atoms with van der Waals surface area (Å²) in [5.74, 6) is 0.130. The van der Waals surface area contributed by atoms with Crippen LogP contribution < -0.4 is 10.1 Å². The Kier molecular flexibility index (Phi) is 6.65. The second kappa shape index (κ2) is 8.52. The zero-order valence-corrected chi connectivity index (χ0v) is 17.3. The number of hydrogen-bond donors (Lipinski definition) is 1. The molecule has 2 rings (SSSR count). The van der Waals surface area contributed by atoms with Gasteiger partial charge in [-0.2, -0.15) is 5.26 Å². The highest BCUT2D eigenvalue weighted by Gasteiger charge is 2.13. The number of benzene rings is 2. The van der Waals surface area contributed by atoms with Crippen LogP contribution in [0.1, 0.15) is 11.1 Å². The quantitative estimate of drug-likeness (QED) is 0.446. The van der Waals surface area contributed by atoms with Crippen molar-refractivity contribution in [2.24, 2.45) is 0 Å². The Labute approximate surface area is 167 Å². The number of nitriles is 1. The smallest absolute Gasteiger partial charge is 0.266 e. The van der Waals surface area contributed by atoms with Crippen LogP contribution in [-0.4, -0.2) is 13.0 Å². The minimum atomic E-state index is -0.504. The van der Waals surface area contributed by atoms with Crippen LogP contribution in [0.2, 0.25) is 5.02 Å². The summed E-state index contributed by atoms with van der Waals surface area (Å²) in [7, 11) is 1.56. The van der Waals surface area contributed by atoms with Crippen molar-refractivity contribution >= 4 is 61.1 Å². The first-order chi connectivity index (χ1) is 11.8. The van der Waals surface area contributed by atoms with Gasteiger partial charge in [0.2, 0.25) is 0 Å². The van der Waals surface area contributed by atoms with E-state index in [1.165, 1.54) is 6.08 Å². The van der Waals surface area contributed by atoms with E-state index < -0.39 is 5.91 Å². The van der Waals surface area contributed by atoms with Gasteiger partial charge in [0.25, 0.3) is 5.91 Å². The summed E-state index contributed by atoms with van der Waals surface area (Å²) < 4.78 is 6.66. The number of methoxy groups -OCH3 is 1. The third-order valence-electron chi connectivity index (χ3n) is 3.35. The van der Waals surface area contributed by atoms with Gasteiger partial charge in [-0.1, -0.05) is 17.7 Å². The van der Waals surface area contributed by atoms with Crippen molar-refractivity contribution in [1.82, 2.24) is 0 Å². The van der Waals surface area contributed by atoms with Crippen molar-refractivity contribution in [3.8, 4) is 11.8 Å². The SMILES string of the molecule is COc1c(Br)cc(/C=C(\C#N)C(=O)Nc2cc(Cl)ccc2C)cc1Br. The van der Waals surface area contributed by atoms with E-state index in [2.05, 4.69) is 37.2 Å². The summed E-state index contributed by atoms with van der Waals surface area (Å²) in [6.45, 7) is 1.85. The molecule has 25 heavy (non-hydrogen) atoms. The molecule has 0 fully saturated rings. The molecule has 4 nitrogen and oxygen atoms in total. The van der Waals surface area contributed by atoms with E-state index in [-0.39, 0.29) is 5.57 Å². The average molecular weight is 485 g/mol. The first-order valence-electron chi connectivity index (χ1n) is 7.08. The van der Waals surface area contributed by atoms with E-state index in [0.29, 0.717) is 31.0 Å². The maximum atomic E-state index is 12.4. The first kappa shape index (κ1) is 19.5. The Hall–Kier alpha value is -1.81. The summed E-state index contributed by atoms with van der Waals surface area (Å²) in [5.41, 5.74) is 2.07. The van der Waals surface area contributed by atoms with Gasteiger partial charge in [0.1, 0.15) is 17.4 Å². The van der Waals surface area contributed by atoms with Crippen LogP contribution in [0.5, 0.6) is 5.75 Å². The highest BCUT2D eigenvalue weighted by atomic mass is 79.9. The molecule has 0 aliphatic carbocycles. The largest absolute Gasteiger partial charge is 0.494 e. The first-order valence-corrected chi connectivity index (χ1v) is 9.04. The number of rotatable bonds is 4. The third-order valence-corrected chi connectivity index (χ3v) is 4.76. The van der Waals surface area contributed by atoms with E-state index in [4.69, 9.17) is 16.3 Å². The molecule has 2 aromatic rings. The molecule has 0 heterocycles. The molecular formula is C18H13Br2ClN2O2. The normalized spacial score (nSPS) is 11.0.